The molecule has 3 N–H and O–H groups in total. The van der Waals surface area contributed by atoms with Gasteiger partial charge in [-0.15, -0.1) is 0 Å². The first-order chi connectivity index (χ1) is 13.0. The highest BCUT2D eigenvalue weighted by Gasteiger charge is 2.15. The molecule has 0 aliphatic heterocycles. The minimum Gasteiger partial charge on any atom is -0.368 e. The maximum atomic E-state index is 13.7. The van der Waals surface area contributed by atoms with Crippen LogP contribution in [0, 0.1) is 5.82 Å². The van der Waals surface area contributed by atoms with Crippen LogP contribution in [0.2, 0.25) is 5.02 Å². The van der Waals surface area contributed by atoms with Crippen LogP contribution >= 0.6 is 11.6 Å². The van der Waals surface area contributed by atoms with E-state index >= 15 is 0 Å². The molecule has 4 rings (SSSR count). The Balaban J connectivity index is 1.80. The number of hydrogen-bond donors (Lipinski definition) is 2. The first kappa shape index (κ1) is 17.2. The minimum absolute atomic E-state index is 0.0360. The van der Waals surface area contributed by atoms with E-state index in [-0.39, 0.29) is 16.9 Å². The van der Waals surface area contributed by atoms with Crippen LogP contribution in [0.3, 0.4) is 0 Å². The van der Waals surface area contributed by atoms with E-state index in [0.29, 0.717) is 18.1 Å². The van der Waals surface area contributed by atoms with Crippen LogP contribution in [0.4, 0.5) is 22.0 Å². The highest BCUT2D eigenvalue weighted by molar-refractivity contribution is 6.30. The Morgan fingerprint density at radius 3 is 2.70 bits per heavy atom. The normalized spacial score (nSPS) is 11.1. The summed E-state index contributed by atoms with van der Waals surface area (Å²) in [7, 11) is 0. The van der Waals surface area contributed by atoms with Crippen LogP contribution < -0.4 is 11.1 Å². The van der Waals surface area contributed by atoms with Crippen LogP contribution in [-0.2, 0) is 6.42 Å². The summed E-state index contributed by atoms with van der Waals surface area (Å²) in [5.74, 6) is 0.823. The van der Waals surface area contributed by atoms with E-state index in [9.17, 15) is 4.39 Å². The molecule has 2 aromatic heterocycles. The average Bonchev–Trinajstić information content (AvgIpc) is 3.03. The summed E-state index contributed by atoms with van der Waals surface area (Å²) >= 11 is 5.72. The van der Waals surface area contributed by atoms with Crippen LogP contribution in [0.5, 0.6) is 0 Å². The molecule has 0 spiro atoms. The van der Waals surface area contributed by atoms with E-state index in [2.05, 4.69) is 25.3 Å². The summed E-state index contributed by atoms with van der Waals surface area (Å²) in [4.78, 5) is 17.4. The van der Waals surface area contributed by atoms with E-state index in [1.54, 1.807) is 6.07 Å². The van der Waals surface area contributed by atoms with Gasteiger partial charge in [0, 0.05) is 12.1 Å². The van der Waals surface area contributed by atoms with Crippen LogP contribution in [0.25, 0.3) is 17.0 Å². The number of rotatable bonds is 4. The van der Waals surface area contributed by atoms with Gasteiger partial charge in [0.15, 0.2) is 0 Å². The lowest BCUT2D eigenvalue weighted by Crippen LogP contribution is -2.11. The molecule has 0 atom stereocenters. The van der Waals surface area contributed by atoms with Gasteiger partial charge in [-0.05, 0) is 30.3 Å². The molecule has 0 saturated heterocycles. The molecule has 27 heavy (non-hydrogen) atoms. The van der Waals surface area contributed by atoms with Crippen molar-refractivity contribution in [3.63, 3.8) is 0 Å². The van der Waals surface area contributed by atoms with Gasteiger partial charge in [-0.3, -0.25) is 4.57 Å². The quantitative estimate of drug-likeness (QED) is 0.555. The largest absolute Gasteiger partial charge is 0.368 e. The van der Waals surface area contributed by atoms with Gasteiger partial charge in [0.2, 0.25) is 17.8 Å². The molecule has 0 fully saturated rings. The van der Waals surface area contributed by atoms with Gasteiger partial charge in [0.25, 0.3) is 0 Å². The zero-order valence-electron chi connectivity index (χ0n) is 14.3. The average molecular weight is 384 g/mol. The summed E-state index contributed by atoms with van der Waals surface area (Å²) in [5, 5.41) is 2.96. The van der Waals surface area contributed by atoms with Crippen LogP contribution in [0.1, 0.15) is 12.7 Å². The van der Waals surface area contributed by atoms with E-state index in [1.165, 1.54) is 12.1 Å². The zero-order chi connectivity index (χ0) is 19.0. The van der Waals surface area contributed by atoms with Gasteiger partial charge in [0.1, 0.15) is 11.6 Å². The molecule has 0 radical (unpaired) electrons. The van der Waals surface area contributed by atoms with Crippen molar-refractivity contribution >= 4 is 40.2 Å². The monoisotopic (exact) mass is 383 g/mol. The number of nitrogen functional groups attached to an aromatic ring is 1. The number of benzene rings is 2. The lowest BCUT2D eigenvalue weighted by molar-refractivity contribution is 0.629. The number of aryl methyl sites for hydroxylation is 1. The zero-order valence-corrected chi connectivity index (χ0v) is 15.1. The van der Waals surface area contributed by atoms with E-state index in [4.69, 9.17) is 17.3 Å². The molecule has 4 aromatic rings. The Bertz CT molecular complexity index is 1140. The number of nitrogens with zero attached hydrogens (tertiary/aromatic N) is 5. The Kier molecular flexibility index (Phi) is 4.33. The number of nitrogens with two attached hydrogens (primary N) is 1. The number of aromatic nitrogens is 5. The maximum absolute atomic E-state index is 13.7. The van der Waals surface area contributed by atoms with Gasteiger partial charge in [-0.2, -0.15) is 15.0 Å². The van der Waals surface area contributed by atoms with E-state index in [0.717, 1.165) is 16.9 Å². The van der Waals surface area contributed by atoms with E-state index < -0.39 is 5.82 Å². The maximum Gasteiger partial charge on any atom is 0.242 e. The van der Waals surface area contributed by atoms with Gasteiger partial charge in [-0.1, -0.05) is 30.7 Å². The van der Waals surface area contributed by atoms with Crippen molar-refractivity contribution in [3.05, 3.63) is 59.1 Å². The molecule has 2 heterocycles. The number of hydrogen-bond acceptors (Lipinski definition) is 6. The number of fused-ring (bicyclic) bond motifs is 1. The molecule has 0 bridgehead atoms. The predicted molar refractivity (Wildman–Crippen MR) is 103 cm³/mol. The second-order valence-electron chi connectivity index (χ2n) is 5.78. The fraction of sp³-hybridized carbons (Fsp3) is 0.111. The van der Waals surface area contributed by atoms with Crippen molar-refractivity contribution in [2.75, 3.05) is 11.1 Å². The van der Waals surface area contributed by atoms with Gasteiger partial charge < -0.3 is 11.1 Å². The van der Waals surface area contributed by atoms with Crippen molar-refractivity contribution in [1.82, 2.24) is 24.5 Å². The molecule has 0 aliphatic rings. The number of halogens is 2. The summed E-state index contributed by atoms with van der Waals surface area (Å²) in [6.07, 6.45) is 0.686. The SMILES string of the molecule is CCc1nc2ccccc2n1-c1nc(N)nc(Nc2ccc(Cl)c(F)c2)n1. The summed E-state index contributed by atoms with van der Waals surface area (Å²) in [5.41, 5.74) is 8.02. The van der Waals surface area contributed by atoms with Gasteiger partial charge in [0.05, 0.1) is 16.1 Å². The number of anilines is 3. The standard InChI is InChI=1S/C18H15ClFN7/c1-2-15-23-13-5-3-4-6-14(13)27(15)18-25-16(21)24-17(26-18)22-10-7-8-11(19)12(20)9-10/h3-9H,2H2,1H3,(H3,21,22,24,25,26). The summed E-state index contributed by atoms with van der Waals surface area (Å²) in [6, 6.07) is 12.0. The van der Waals surface area contributed by atoms with Gasteiger partial charge >= 0.3 is 0 Å². The van der Waals surface area contributed by atoms with Gasteiger partial charge in [-0.25, -0.2) is 9.37 Å². The smallest absolute Gasteiger partial charge is 0.242 e. The second kappa shape index (κ2) is 6.81. The second-order valence-corrected chi connectivity index (χ2v) is 6.18. The number of nitrogens with one attached hydrogen (secondary N) is 1. The molecular formula is C18H15ClFN7. The molecule has 0 aliphatic carbocycles. The number of imidazole rings is 1. The van der Waals surface area contributed by atoms with E-state index in [1.807, 2.05) is 35.8 Å². The Hall–Kier alpha value is -3.26. The molecular weight excluding hydrogens is 369 g/mol. The van der Waals surface area contributed by atoms with Crippen LogP contribution in [-0.4, -0.2) is 24.5 Å². The molecule has 136 valence electrons. The number of para-hydroxylation sites is 2. The third kappa shape index (κ3) is 3.26. The fourth-order valence-corrected chi connectivity index (χ4v) is 2.89. The van der Waals surface area contributed by atoms with Crippen molar-refractivity contribution < 1.29 is 4.39 Å². The van der Waals surface area contributed by atoms with Crippen molar-refractivity contribution in [2.45, 2.75) is 13.3 Å². The molecule has 0 amide bonds. The molecule has 7 nitrogen and oxygen atoms in total. The van der Waals surface area contributed by atoms with Crippen molar-refractivity contribution in [1.29, 1.82) is 0 Å². The summed E-state index contributed by atoms with van der Waals surface area (Å²) in [6.45, 7) is 2.00. The fourth-order valence-electron chi connectivity index (χ4n) is 2.78. The topological polar surface area (TPSA) is 94.5 Å². The summed E-state index contributed by atoms with van der Waals surface area (Å²) < 4.78 is 15.5. The van der Waals surface area contributed by atoms with Crippen molar-refractivity contribution in [3.8, 4) is 5.95 Å². The third-order valence-corrected chi connectivity index (χ3v) is 4.27. The third-order valence-electron chi connectivity index (χ3n) is 3.96. The first-order valence-corrected chi connectivity index (χ1v) is 8.63. The molecule has 2 aromatic carbocycles. The minimum atomic E-state index is -0.544. The van der Waals surface area contributed by atoms with Crippen LogP contribution in [0.15, 0.2) is 42.5 Å². The first-order valence-electron chi connectivity index (χ1n) is 8.25. The highest BCUT2D eigenvalue weighted by atomic mass is 35.5. The highest BCUT2D eigenvalue weighted by Crippen LogP contribution is 2.23. The Labute approximate surface area is 159 Å². The predicted octanol–water partition coefficient (Wildman–Crippen LogP) is 3.89. The Morgan fingerprint density at radius 2 is 1.93 bits per heavy atom. The molecule has 0 unspecified atom stereocenters. The lowest BCUT2D eigenvalue weighted by Gasteiger charge is -2.10. The lowest BCUT2D eigenvalue weighted by atomic mass is 10.3. The molecule has 9 heteroatoms. The molecule has 0 saturated carbocycles. The Morgan fingerprint density at radius 1 is 1.11 bits per heavy atom. The van der Waals surface area contributed by atoms with Crippen molar-refractivity contribution in [2.24, 2.45) is 0 Å².